The lowest BCUT2D eigenvalue weighted by Gasteiger charge is -2.25. The van der Waals surface area contributed by atoms with E-state index in [-0.39, 0.29) is 34.5 Å². The number of esters is 1. The summed E-state index contributed by atoms with van der Waals surface area (Å²) in [6.07, 6.45) is 3.95. The number of hydrogen-bond acceptors (Lipinski definition) is 10. The Labute approximate surface area is 226 Å². The number of nitrogens with two attached hydrogens (primary N) is 1. The quantitative estimate of drug-likeness (QED) is 0.110. The van der Waals surface area contributed by atoms with Crippen LogP contribution >= 0.6 is 0 Å². The predicted molar refractivity (Wildman–Crippen MR) is 141 cm³/mol. The number of nitrogen functional groups attached to an aromatic ring is 1. The number of methoxy groups -OCH3 is 1. The molecule has 0 bridgehead atoms. The molecule has 1 atom stereocenters. The summed E-state index contributed by atoms with van der Waals surface area (Å²) in [5.41, 5.74) is 6.00. The van der Waals surface area contributed by atoms with Gasteiger partial charge < -0.3 is 25.3 Å². The van der Waals surface area contributed by atoms with Crippen molar-refractivity contribution in [2.45, 2.75) is 25.8 Å². The van der Waals surface area contributed by atoms with Crippen LogP contribution in [0.25, 0.3) is 5.95 Å². The van der Waals surface area contributed by atoms with Gasteiger partial charge in [0.25, 0.3) is 5.95 Å². The lowest BCUT2D eigenvalue weighted by Crippen LogP contribution is -2.20. The van der Waals surface area contributed by atoms with Crippen molar-refractivity contribution < 1.29 is 23.4 Å². The summed E-state index contributed by atoms with van der Waals surface area (Å²) in [4.78, 5) is 35.4. The summed E-state index contributed by atoms with van der Waals surface area (Å²) >= 11 is 0. The van der Waals surface area contributed by atoms with E-state index in [1.54, 1.807) is 12.1 Å². The monoisotopic (exact) mass is 548 g/mol. The lowest BCUT2D eigenvalue weighted by molar-refractivity contribution is -0.131. The predicted octanol–water partition coefficient (Wildman–Crippen LogP) is 2.23. The molecule has 13 nitrogen and oxygen atoms in total. The maximum atomic E-state index is 16.1. The molecule has 1 unspecified atom stereocenters. The molecule has 2 aromatic heterocycles. The molecule has 0 saturated carbocycles. The van der Waals surface area contributed by atoms with Gasteiger partial charge in [0.15, 0.2) is 17.3 Å². The number of H-pyrrole nitrogens is 1. The zero-order valence-electron chi connectivity index (χ0n) is 21.5. The minimum atomic E-state index is -1.08. The number of carbonyl (C=O) groups excluding carboxylic acids is 1. The Bertz CT molecular complexity index is 1650. The third kappa shape index (κ3) is 5.06. The first-order valence-electron chi connectivity index (χ1n) is 12.2. The molecule has 4 aromatic rings. The van der Waals surface area contributed by atoms with Crippen molar-refractivity contribution >= 4 is 17.5 Å². The van der Waals surface area contributed by atoms with Crippen LogP contribution in [0.5, 0.6) is 17.2 Å². The number of anilines is 1. The van der Waals surface area contributed by atoms with Crippen LogP contribution in [-0.4, -0.2) is 50.3 Å². The smallest absolute Gasteiger partial charge is 0.350 e. The molecule has 5 rings (SSSR count). The Balaban J connectivity index is 1.67. The molecule has 40 heavy (non-hydrogen) atoms. The van der Waals surface area contributed by atoms with Gasteiger partial charge in [-0.3, -0.25) is 15.2 Å². The van der Waals surface area contributed by atoms with Crippen LogP contribution in [0.15, 0.2) is 47.5 Å². The van der Waals surface area contributed by atoms with Gasteiger partial charge in [-0.05, 0) is 37.1 Å². The number of amidine groups is 1. The van der Waals surface area contributed by atoms with Gasteiger partial charge >= 0.3 is 11.7 Å². The molecule has 0 spiro atoms. The highest BCUT2D eigenvalue weighted by Crippen LogP contribution is 2.41. The van der Waals surface area contributed by atoms with Crippen LogP contribution < -0.4 is 31.0 Å². The van der Waals surface area contributed by atoms with E-state index >= 15 is 4.39 Å². The van der Waals surface area contributed by atoms with E-state index in [9.17, 15) is 9.59 Å². The normalized spacial score (nSPS) is 13.1. The second-order valence-corrected chi connectivity index (χ2v) is 8.81. The maximum absolute atomic E-state index is 16.1. The van der Waals surface area contributed by atoms with E-state index in [0.29, 0.717) is 42.2 Å². The molecule has 2 aromatic carbocycles. The minimum Gasteiger partial charge on any atom is -0.493 e. The summed E-state index contributed by atoms with van der Waals surface area (Å²) in [6.45, 7) is 1.65. The number of hydrogen-bond donors (Lipinski definition) is 4. The molecule has 3 heterocycles. The summed E-state index contributed by atoms with van der Waals surface area (Å²) < 4.78 is 33.5. The zero-order chi connectivity index (χ0) is 28.4. The zero-order valence-corrected chi connectivity index (χ0v) is 21.5. The van der Waals surface area contributed by atoms with Gasteiger partial charge in [0, 0.05) is 42.2 Å². The highest BCUT2D eigenvalue weighted by atomic mass is 19.1. The molecule has 1 aliphatic rings. The fraction of sp³-hybridized carbons (Fsp3) is 0.231. The molecule has 14 heteroatoms. The first kappa shape index (κ1) is 26.3. The number of halogens is 1. The van der Waals surface area contributed by atoms with Crippen LogP contribution in [0.1, 0.15) is 41.9 Å². The largest absolute Gasteiger partial charge is 0.493 e. The van der Waals surface area contributed by atoms with Gasteiger partial charge in [0.1, 0.15) is 23.4 Å². The molecule has 0 fully saturated rings. The SMILES string of the molecule is COc1cc(C(Nc2ccc(C(=N)N)c(OC(C)=O)c2)c2nn(-c3ncccn3)c(=O)[nH]2)c(F)c2c1OCCC2. The van der Waals surface area contributed by atoms with E-state index in [1.807, 2.05) is 0 Å². The van der Waals surface area contributed by atoms with Crippen molar-refractivity contribution in [3.8, 4) is 23.2 Å². The van der Waals surface area contributed by atoms with E-state index in [4.69, 9.17) is 25.4 Å². The van der Waals surface area contributed by atoms with E-state index in [1.165, 1.54) is 44.6 Å². The Morgan fingerprint density at radius 3 is 2.75 bits per heavy atom. The first-order valence-corrected chi connectivity index (χ1v) is 12.2. The van der Waals surface area contributed by atoms with Gasteiger partial charge in [0.2, 0.25) is 0 Å². The van der Waals surface area contributed by atoms with Gasteiger partial charge in [0.05, 0.1) is 19.3 Å². The fourth-order valence-corrected chi connectivity index (χ4v) is 4.40. The van der Waals surface area contributed by atoms with Crippen LogP contribution in [-0.2, 0) is 11.2 Å². The van der Waals surface area contributed by atoms with Crippen molar-refractivity contribution in [1.29, 1.82) is 5.41 Å². The molecule has 5 N–H and O–H groups in total. The number of carbonyl (C=O) groups is 1. The van der Waals surface area contributed by atoms with Crippen molar-refractivity contribution in [2.75, 3.05) is 19.0 Å². The average molecular weight is 549 g/mol. The molecule has 206 valence electrons. The molecule has 0 aliphatic carbocycles. The maximum Gasteiger partial charge on any atom is 0.350 e. The van der Waals surface area contributed by atoms with Crippen molar-refractivity contribution in [3.05, 3.63) is 81.5 Å². The molecular formula is C26H25FN8O5. The molecule has 0 radical (unpaired) electrons. The van der Waals surface area contributed by atoms with Crippen molar-refractivity contribution in [2.24, 2.45) is 5.73 Å². The molecule has 0 amide bonds. The number of nitrogens with zero attached hydrogens (tertiary/aromatic N) is 4. The standard InChI is InChI=1S/C26H25FN8O5/c1-13(36)40-18-11-14(6-7-15(18)23(28)29)32-21(24-33-26(37)35(34-24)25-30-8-4-9-31-25)17-12-19(38-2)22-16(20(17)27)5-3-10-39-22/h4,6-9,11-12,21,32H,3,5,10H2,1-2H3,(H3,28,29)(H,33,34,37). The number of aromatic amines is 1. The fourth-order valence-electron chi connectivity index (χ4n) is 4.40. The number of fused-ring (bicyclic) bond motifs is 1. The summed E-state index contributed by atoms with van der Waals surface area (Å²) in [5, 5.41) is 15.3. The van der Waals surface area contributed by atoms with E-state index < -0.39 is 23.5 Å². The van der Waals surface area contributed by atoms with Crippen LogP contribution in [0.4, 0.5) is 10.1 Å². The summed E-state index contributed by atoms with van der Waals surface area (Å²) in [5.74, 6) is -0.749. The Morgan fingerprint density at radius 1 is 1.27 bits per heavy atom. The highest BCUT2D eigenvalue weighted by molar-refractivity contribution is 5.98. The number of ether oxygens (including phenoxy) is 3. The van der Waals surface area contributed by atoms with Gasteiger partial charge in [-0.25, -0.2) is 19.2 Å². The van der Waals surface area contributed by atoms with Crippen molar-refractivity contribution in [1.82, 2.24) is 24.7 Å². The molecule has 0 saturated heterocycles. The topological polar surface area (TPSA) is 183 Å². The Hall–Kier alpha value is -5.27. The third-order valence-corrected chi connectivity index (χ3v) is 6.14. The van der Waals surface area contributed by atoms with Crippen LogP contribution in [0.3, 0.4) is 0 Å². The van der Waals surface area contributed by atoms with Crippen LogP contribution in [0, 0.1) is 11.2 Å². The number of nitrogens with one attached hydrogen (secondary N) is 3. The Morgan fingerprint density at radius 2 is 2.05 bits per heavy atom. The summed E-state index contributed by atoms with van der Waals surface area (Å²) in [6, 6.07) is 6.49. The first-order chi connectivity index (χ1) is 19.3. The third-order valence-electron chi connectivity index (χ3n) is 6.14. The summed E-state index contributed by atoms with van der Waals surface area (Å²) in [7, 11) is 1.45. The van der Waals surface area contributed by atoms with Gasteiger partial charge in [-0.1, -0.05) is 0 Å². The average Bonchev–Trinajstić information content (AvgIpc) is 3.33. The van der Waals surface area contributed by atoms with E-state index in [2.05, 4.69) is 25.4 Å². The van der Waals surface area contributed by atoms with Gasteiger partial charge in [-0.15, -0.1) is 9.78 Å². The second-order valence-electron chi connectivity index (χ2n) is 8.81. The molecule has 1 aliphatic heterocycles. The molecular weight excluding hydrogens is 523 g/mol. The number of rotatable bonds is 8. The van der Waals surface area contributed by atoms with E-state index in [0.717, 1.165) is 4.68 Å². The Kier molecular flexibility index (Phi) is 7.14. The van der Waals surface area contributed by atoms with Crippen molar-refractivity contribution in [3.63, 3.8) is 0 Å². The highest BCUT2D eigenvalue weighted by Gasteiger charge is 2.30. The minimum absolute atomic E-state index is 0.0219. The number of benzene rings is 2. The second kappa shape index (κ2) is 10.8. The number of aromatic nitrogens is 5. The van der Waals surface area contributed by atoms with Gasteiger partial charge in [-0.2, -0.15) is 0 Å². The lowest BCUT2D eigenvalue weighted by atomic mass is 9.96. The van der Waals surface area contributed by atoms with Crippen LogP contribution in [0.2, 0.25) is 0 Å².